The zero-order valence-electron chi connectivity index (χ0n) is 12.2. The molecule has 0 aliphatic rings. The van der Waals surface area contributed by atoms with E-state index in [-0.39, 0.29) is 5.84 Å². The van der Waals surface area contributed by atoms with E-state index in [1.54, 1.807) is 6.20 Å². The number of nitrogens with zero attached hydrogens (tertiary/aromatic N) is 3. The first-order valence-electron chi connectivity index (χ1n) is 6.69. The van der Waals surface area contributed by atoms with Gasteiger partial charge in [0, 0.05) is 25.8 Å². The summed E-state index contributed by atoms with van der Waals surface area (Å²) in [5.74, 6) is 0.0252. The van der Waals surface area contributed by atoms with Crippen molar-refractivity contribution in [3.8, 4) is 0 Å². The molecule has 106 valence electrons. The van der Waals surface area contributed by atoms with Gasteiger partial charge in [-0.15, -0.1) is 0 Å². The molecular formula is C14H25N5. The number of hydrogen-bond donors (Lipinski definition) is 2. The van der Waals surface area contributed by atoms with Gasteiger partial charge in [-0.2, -0.15) is 0 Å². The molecule has 19 heavy (non-hydrogen) atoms. The Balaban J connectivity index is 2.67. The van der Waals surface area contributed by atoms with Crippen molar-refractivity contribution in [1.82, 2.24) is 14.8 Å². The van der Waals surface area contributed by atoms with Gasteiger partial charge in [0.05, 0.1) is 0 Å². The lowest BCUT2D eigenvalue weighted by Gasteiger charge is -2.23. The quantitative estimate of drug-likeness (QED) is 0.545. The van der Waals surface area contributed by atoms with Crippen LogP contribution in [0, 0.1) is 5.41 Å². The van der Waals surface area contributed by atoms with Crippen LogP contribution in [0.25, 0.3) is 0 Å². The van der Waals surface area contributed by atoms with Gasteiger partial charge in [-0.3, -0.25) is 15.3 Å². The molecule has 1 rings (SSSR count). The highest BCUT2D eigenvalue weighted by molar-refractivity contribution is 5.93. The van der Waals surface area contributed by atoms with Crippen LogP contribution in [0.5, 0.6) is 0 Å². The minimum atomic E-state index is 0.0252. The first-order valence-corrected chi connectivity index (χ1v) is 6.69. The summed E-state index contributed by atoms with van der Waals surface area (Å²) in [4.78, 5) is 8.70. The third-order valence-corrected chi connectivity index (χ3v) is 2.91. The van der Waals surface area contributed by atoms with Crippen LogP contribution in [-0.2, 0) is 6.54 Å². The fourth-order valence-electron chi connectivity index (χ4n) is 1.91. The van der Waals surface area contributed by atoms with E-state index in [4.69, 9.17) is 11.1 Å². The van der Waals surface area contributed by atoms with Gasteiger partial charge in [0.15, 0.2) is 0 Å². The monoisotopic (exact) mass is 263 g/mol. The molecule has 0 fully saturated rings. The van der Waals surface area contributed by atoms with Gasteiger partial charge in [0.2, 0.25) is 0 Å². The summed E-state index contributed by atoms with van der Waals surface area (Å²) in [5.41, 5.74) is 7.19. The summed E-state index contributed by atoms with van der Waals surface area (Å²) >= 11 is 0. The summed E-state index contributed by atoms with van der Waals surface area (Å²) in [5, 5.41) is 7.43. The summed E-state index contributed by atoms with van der Waals surface area (Å²) in [6.45, 7) is 6.23. The van der Waals surface area contributed by atoms with E-state index in [9.17, 15) is 0 Å². The Morgan fingerprint density at radius 1 is 1.32 bits per heavy atom. The third kappa shape index (κ3) is 5.81. The minimum absolute atomic E-state index is 0.0252. The molecule has 0 aliphatic carbocycles. The van der Waals surface area contributed by atoms with Crippen LogP contribution in [0.3, 0.4) is 0 Å². The topological polar surface area (TPSA) is 69.2 Å². The lowest BCUT2D eigenvalue weighted by atomic mass is 10.2. The predicted octanol–water partition coefficient (Wildman–Crippen LogP) is 1.14. The van der Waals surface area contributed by atoms with Crippen molar-refractivity contribution in [3.63, 3.8) is 0 Å². The maximum absolute atomic E-state index is 7.43. The van der Waals surface area contributed by atoms with Crippen molar-refractivity contribution in [3.05, 3.63) is 29.6 Å². The Morgan fingerprint density at radius 3 is 2.63 bits per heavy atom. The van der Waals surface area contributed by atoms with Crippen LogP contribution in [0.15, 0.2) is 18.3 Å². The van der Waals surface area contributed by atoms with Crippen molar-refractivity contribution in [2.24, 2.45) is 5.73 Å². The molecule has 1 aromatic rings. The van der Waals surface area contributed by atoms with Gasteiger partial charge in [-0.25, -0.2) is 0 Å². The standard InChI is InChI=1S/C14H25N5/c1-4-7-19(9-8-18(2)3)11-12-5-6-17-13(10-12)14(15)16/h5-6,10H,4,7-9,11H2,1-3H3,(H3,15,16). The van der Waals surface area contributed by atoms with Crippen molar-refractivity contribution >= 4 is 5.84 Å². The number of nitrogens with two attached hydrogens (primary N) is 1. The number of hydrogen-bond acceptors (Lipinski definition) is 4. The van der Waals surface area contributed by atoms with E-state index < -0.39 is 0 Å². The first-order chi connectivity index (χ1) is 9.02. The second-order valence-electron chi connectivity index (χ2n) is 5.04. The molecule has 0 bridgehead atoms. The number of rotatable bonds is 8. The average molecular weight is 263 g/mol. The van der Waals surface area contributed by atoms with Crippen LogP contribution >= 0.6 is 0 Å². The molecule has 0 saturated heterocycles. The van der Waals surface area contributed by atoms with Crippen molar-refractivity contribution in [1.29, 1.82) is 5.41 Å². The minimum Gasteiger partial charge on any atom is -0.382 e. The number of likely N-dealkylation sites (N-methyl/N-ethyl adjacent to an activating group) is 1. The van der Waals surface area contributed by atoms with Crippen molar-refractivity contribution in [2.75, 3.05) is 33.7 Å². The first kappa shape index (κ1) is 15.6. The molecule has 0 unspecified atom stereocenters. The molecule has 5 nitrogen and oxygen atoms in total. The SMILES string of the molecule is CCCN(CCN(C)C)Cc1ccnc(C(=N)N)c1. The van der Waals surface area contributed by atoms with Crippen molar-refractivity contribution < 1.29 is 0 Å². The normalized spacial score (nSPS) is 11.2. The molecule has 0 spiro atoms. The second-order valence-corrected chi connectivity index (χ2v) is 5.04. The summed E-state index contributed by atoms with van der Waals surface area (Å²) in [7, 11) is 4.18. The molecule has 1 aromatic heterocycles. The van der Waals surface area contributed by atoms with Crippen LogP contribution in [0.4, 0.5) is 0 Å². The van der Waals surface area contributed by atoms with Crippen LogP contribution in [0.1, 0.15) is 24.6 Å². The van der Waals surface area contributed by atoms with Gasteiger partial charge < -0.3 is 10.6 Å². The van der Waals surface area contributed by atoms with E-state index >= 15 is 0 Å². The summed E-state index contributed by atoms with van der Waals surface area (Å²) in [6.07, 6.45) is 2.86. The van der Waals surface area contributed by atoms with Gasteiger partial charge in [-0.1, -0.05) is 6.92 Å². The fraction of sp³-hybridized carbons (Fsp3) is 0.571. The lowest BCUT2D eigenvalue weighted by Crippen LogP contribution is -2.32. The highest BCUT2D eigenvalue weighted by atomic mass is 15.2. The highest BCUT2D eigenvalue weighted by Gasteiger charge is 2.07. The van der Waals surface area contributed by atoms with Gasteiger partial charge in [0.1, 0.15) is 11.5 Å². The number of nitrogen functional groups attached to an aromatic ring is 1. The molecule has 0 aromatic carbocycles. The number of amidine groups is 1. The molecule has 1 heterocycles. The molecule has 0 aliphatic heterocycles. The molecule has 3 N–H and O–H groups in total. The number of pyridine rings is 1. The summed E-state index contributed by atoms with van der Waals surface area (Å²) in [6, 6.07) is 3.89. The Morgan fingerprint density at radius 2 is 2.05 bits per heavy atom. The van der Waals surface area contributed by atoms with E-state index in [0.29, 0.717) is 5.69 Å². The predicted molar refractivity (Wildman–Crippen MR) is 79.4 cm³/mol. The van der Waals surface area contributed by atoms with Gasteiger partial charge in [-0.05, 0) is 44.8 Å². The summed E-state index contributed by atoms with van der Waals surface area (Å²) < 4.78 is 0. The van der Waals surface area contributed by atoms with Gasteiger partial charge in [0.25, 0.3) is 0 Å². The average Bonchev–Trinajstić information content (AvgIpc) is 2.36. The Kier molecular flexibility index (Phi) is 6.45. The van der Waals surface area contributed by atoms with E-state index in [1.165, 1.54) is 0 Å². The largest absolute Gasteiger partial charge is 0.382 e. The number of aromatic nitrogens is 1. The maximum atomic E-state index is 7.43. The van der Waals surface area contributed by atoms with Crippen LogP contribution < -0.4 is 5.73 Å². The zero-order valence-corrected chi connectivity index (χ0v) is 12.2. The van der Waals surface area contributed by atoms with E-state index in [2.05, 4.69) is 35.8 Å². The lowest BCUT2D eigenvalue weighted by molar-refractivity contribution is 0.234. The Labute approximate surface area is 115 Å². The second kappa shape index (κ2) is 7.86. The van der Waals surface area contributed by atoms with Crippen LogP contribution in [-0.4, -0.2) is 54.3 Å². The number of nitrogens with one attached hydrogen (secondary N) is 1. The highest BCUT2D eigenvalue weighted by Crippen LogP contribution is 2.06. The fourth-order valence-corrected chi connectivity index (χ4v) is 1.91. The zero-order chi connectivity index (χ0) is 14.3. The molecule has 0 radical (unpaired) electrons. The molecular weight excluding hydrogens is 238 g/mol. The van der Waals surface area contributed by atoms with Crippen LogP contribution in [0.2, 0.25) is 0 Å². The van der Waals surface area contributed by atoms with Crippen molar-refractivity contribution in [2.45, 2.75) is 19.9 Å². The smallest absolute Gasteiger partial charge is 0.141 e. The third-order valence-electron chi connectivity index (χ3n) is 2.91. The van der Waals surface area contributed by atoms with E-state index in [0.717, 1.165) is 38.2 Å². The Bertz CT molecular complexity index is 403. The van der Waals surface area contributed by atoms with E-state index in [1.807, 2.05) is 12.1 Å². The Hall–Kier alpha value is -1.46. The molecule has 0 atom stereocenters. The molecule has 5 heteroatoms. The molecule has 0 amide bonds. The van der Waals surface area contributed by atoms with Gasteiger partial charge >= 0.3 is 0 Å². The maximum Gasteiger partial charge on any atom is 0.141 e. The molecule has 0 saturated carbocycles.